The summed E-state index contributed by atoms with van der Waals surface area (Å²) < 4.78 is 0. The van der Waals surface area contributed by atoms with E-state index in [2.05, 4.69) is 5.32 Å². The second-order valence-corrected chi connectivity index (χ2v) is 6.66. The number of carbonyl (C=O) groups excluding carboxylic acids is 3. The van der Waals surface area contributed by atoms with Crippen molar-refractivity contribution < 1.29 is 14.4 Å². The van der Waals surface area contributed by atoms with Crippen LogP contribution in [0.3, 0.4) is 0 Å². The average molecular weight is 377 g/mol. The lowest BCUT2D eigenvalue weighted by Gasteiger charge is -2.16. The van der Waals surface area contributed by atoms with E-state index in [4.69, 9.17) is 34.8 Å². The van der Waals surface area contributed by atoms with Gasteiger partial charge in [0.2, 0.25) is 5.91 Å². The second-order valence-electron chi connectivity index (χ2n) is 5.41. The summed E-state index contributed by atoms with van der Waals surface area (Å²) >= 11 is 17.8. The Morgan fingerprint density at radius 1 is 1.17 bits per heavy atom. The molecule has 122 valence electrons. The maximum atomic E-state index is 12.1. The lowest BCUT2D eigenvalue weighted by molar-refractivity contribution is -0.129. The van der Waals surface area contributed by atoms with Gasteiger partial charge in [0.1, 0.15) is 13.1 Å². The van der Waals surface area contributed by atoms with Crippen molar-refractivity contribution in [3.63, 3.8) is 0 Å². The molecule has 4 amide bonds. The maximum absolute atomic E-state index is 12.1. The van der Waals surface area contributed by atoms with Crippen molar-refractivity contribution in [1.29, 1.82) is 0 Å². The van der Waals surface area contributed by atoms with Gasteiger partial charge < -0.3 is 10.2 Å². The number of anilines is 1. The van der Waals surface area contributed by atoms with Gasteiger partial charge in [0, 0.05) is 11.1 Å². The second kappa shape index (κ2) is 6.19. The number of nitrogens with zero attached hydrogens (tertiary/aromatic N) is 2. The number of imide groups is 1. The minimum atomic E-state index is -0.560. The summed E-state index contributed by atoms with van der Waals surface area (Å²) in [5.74, 6) is -0.944. The fourth-order valence-electron chi connectivity index (χ4n) is 2.37. The highest BCUT2D eigenvalue weighted by molar-refractivity contribution is 6.42. The van der Waals surface area contributed by atoms with Crippen LogP contribution in [0, 0.1) is 0 Å². The zero-order valence-corrected chi connectivity index (χ0v) is 14.1. The molecule has 1 aliphatic carbocycles. The Labute approximate surface area is 147 Å². The Balaban J connectivity index is 1.68. The monoisotopic (exact) mass is 375 g/mol. The van der Waals surface area contributed by atoms with Crippen LogP contribution >= 0.6 is 34.8 Å². The van der Waals surface area contributed by atoms with Crippen molar-refractivity contribution in [2.24, 2.45) is 0 Å². The lowest BCUT2D eigenvalue weighted by Crippen LogP contribution is -2.39. The van der Waals surface area contributed by atoms with Gasteiger partial charge in [0.25, 0.3) is 5.91 Å². The van der Waals surface area contributed by atoms with E-state index in [0.717, 1.165) is 17.7 Å². The standard InChI is InChI=1S/C14H12Cl3N3O3/c15-7-3-9(16)13(10(17)4-7)18-11(21)5-20-12(22)6-19(14(20)23)8-1-2-8/h3-4,8H,1-2,5-6H2,(H,18,21). The van der Waals surface area contributed by atoms with Crippen molar-refractivity contribution >= 4 is 58.3 Å². The topological polar surface area (TPSA) is 69.7 Å². The summed E-state index contributed by atoms with van der Waals surface area (Å²) in [6.45, 7) is -0.352. The fourth-order valence-corrected chi connectivity index (χ4v) is 3.28. The molecule has 0 radical (unpaired) electrons. The molecule has 0 atom stereocenters. The molecule has 2 aliphatic rings. The predicted octanol–water partition coefficient (Wildman–Crippen LogP) is 3.01. The first kappa shape index (κ1) is 16.4. The molecule has 1 aliphatic heterocycles. The number of halogens is 3. The smallest absolute Gasteiger partial charge is 0.322 e. The minimum absolute atomic E-state index is 0.0270. The van der Waals surface area contributed by atoms with E-state index in [1.807, 2.05) is 0 Å². The Morgan fingerprint density at radius 3 is 2.35 bits per heavy atom. The number of nitrogens with one attached hydrogen (secondary N) is 1. The fraction of sp³-hybridized carbons (Fsp3) is 0.357. The van der Waals surface area contributed by atoms with Crippen LogP contribution in [0.2, 0.25) is 15.1 Å². The minimum Gasteiger partial charge on any atom is -0.322 e. The van der Waals surface area contributed by atoms with Gasteiger partial charge in [-0.25, -0.2) is 4.79 Å². The molecule has 3 rings (SSSR count). The third kappa shape index (κ3) is 3.39. The van der Waals surface area contributed by atoms with Crippen LogP contribution in [0.15, 0.2) is 12.1 Å². The van der Waals surface area contributed by atoms with Gasteiger partial charge in [-0.3, -0.25) is 14.5 Å². The predicted molar refractivity (Wildman–Crippen MR) is 86.9 cm³/mol. The summed E-state index contributed by atoms with van der Waals surface area (Å²) in [7, 11) is 0. The molecule has 23 heavy (non-hydrogen) atoms. The van der Waals surface area contributed by atoms with Gasteiger partial charge in [0.15, 0.2) is 0 Å². The van der Waals surface area contributed by atoms with Crippen molar-refractivity contribution in [2.75, 3.05) is 18.4 Å². The average Bonchev–Trinajstić information content (AvgIpc) is 3.25. The van der Waals surface area contributed by atoms with Crippen molar-refractivity contribution in [1.82, 2.24) is 9.80 Å². The van der Waals surface area contributed by atoms with Crippen molar-refractivity contribution in [3.05, 3.63) is 27.2 Å². The molecule has 1 heterocycles. The molecule has 1 aromatic carbocycles. The number of amides is 4. The number of hydrogen-bond acceptors (Lipinski definition) is 3. The zero-order chi connectivity index (χ0) is 16.7. The summed E-state index contributed by atoms with van der Waals surface area (Å²) in [6.07, 6.45) is 1.80. The number of benzene rings is 1. The van der Waals surface area contributed by atoms with Crippen LogP contribution in [-0.2, 0) is 9.59 Å². The molecule has 1 saturated heterocycles. The third-order valence-electron chi connectivity index (χ3n) is 3.64. The van der Waals surface area contributed by atoms with Gasteiger partial charge in [0.05, 0.1) is 15.7 Å². The molecule has 9 heteroatoms. The van der Waals surface area contributed by atoms with Gasteiger partial charge in [-0.15, -0.1) is 0 Å². The van der Waals surface area contributed by atoms with Crippen LogP contribution in [0.1, 0.15) is 12.8 Å². The zero-order valence-electron chi connectivity index (χ0n) is 11.8. The number of carbonyl (C=O) groups is 3. The summed E-state index contributed by atoms with van der Waals surface area (Å²) in [4.78, 5) is 38.6. The summed E-state index contributed by atoms with van der Waals surface area (Å²) in [5.41, 5.74) is 0.195. The molecule has 0 aromatic heterocycles. The van der Waals surface area contributed by atoms with Crippen molar-refractivity contribution in [2.45, 2.75) is 18.9 Å². The molecule has 0 bridgehead atoms. The van der Waals surface area contributed by atoms with E-state index in [1.54, 1.807) is 0 Å². The van der Waals surface area contributed by atoms with E-state index in [9.17, 15) is 14.4 Å². The first-order chi connectivity index (χ1) is 10.9. The molecule has 0 unspecified atom stereocenters. The van der Waals surface area contributed by atoms with Crippen LogP contribution in [0.4, 0.5) is 10.5 Å². The number of urea groups is 1. The molecule has 2 fully saturated rings. The molecule has 1 saturated carbocycles. The number of hydrogen-bond donors (Lipinski definition) is 1. The summed E-state index contributed by atoms with van der Waals surface area (Å²) in [6, 6.07) is 2.57. The highest BCUT2D eigenvalue weighted by Crippen LogP contribution is 2.34. The molecule has 0 spiro atoms. The van der Waals surface area contributed by atoms with Gasteiger partial charge in [-0.2, -0.15) is 0 Å². The van der Waals surface area contributed by atoms with Crippen molar-refractivity contribution in [3.8, 4) is 0 Å². The third-order valence-corrected chi connectivity index (χ3v) is 4.46. The normalized spacial score (nSPS) is 17.9. The van der Waals surface area contributed by atoms with E-state index in [0.29, 0.717) is 5.02 Å². The Morgan fingerprint density at radius 2 is 1.78 bits per heavy atom. The van der Waals surface area contributed by atoms with Crippen LogP contribution in [0.5, 0.6) is 0 Å². The molecular weight excluding hydrogens is 365 g/mol. The highest BCUT2D eigenvalue weighted by Gasteiger charge is 2.44. The van der Waals surface area contributed by atoms with Crippen LogP contribution in [0.25, 0.3) is 0 Å². The Kier molecular flexibility index (Phi) is 4.40. The SMILES string of the molecule is O=C(CN1C(=O)CN(C2CC2)C1=O)Nc1c(Cl)cc(Cl)cc1Cl. The lowest BCUT2D eigenvalue weighted by atomic mass is 10.3. The quantitative estimate of drug-likeness (QED) is 0.821. The molecular formula is C14H12Cl3N3O3. The Hall–Kier alpha value is -1.50. The van der Waals surface area contributed by atoms with E-state index in [-0.39, 0.29) is 40.8 Å². The molecule has 6 nitrogen and oxygen atoms in total. The Bertz CT molecular complexity index is 683. The highest BCUT2D eigenvalue weighted by atomic mass is 35.5. The summed E-state index contributed by atoms with van der Waals surface area (Å²) in [5, 5.41) is 3.19. The molecule has 1 aromatic rings. The van der Waals surface area contributed by atoms with Gasteiger partial charge in [-0.05, 0) is 25.0 Å². The maximum Gasteiger partial charge on any atom is 0.327 e. The van der Waals surface area contributed by atoms with E-state index < -0.39 is 11.9 Å². The van der Waals surface area contributed by atoms with Crippen LogP contribution < -0.4 is 5.32 Å². The van der Waals surface area contributed by atoms with E-state index >= 15 is 0 Å². The van der Waals surface area contributed by atoms with Gasteiger partial charge in [-0.1, -0.05) is 34.8 Å². The molecule has 1 N–H and O–H groups in total. The first-order valence-corrected chi connectivity index (χ1v) is 8.05. The van der Waals surface area contributed by atoms with E-state index in [1.165, 1.54) is 17.0 Å². The largest absolute Gasteiger partial charge is 0.327 e. The first-order valence-electron chi connectivity index (χ1n) is 6.92. The van der Waals surface area contributed by atoms with Gasteiger partial charge >= 0.3 is 6.03 Å². The van der Waals surface area contributed by atoms with Crippen LogP contribution in [-0.4, -0.2) is 46.8 Å². The number of rotatable bonds is 4.